The highest BCUT2D eigenvalue weighted by Crippen LogP contribution is 2.28. The van der Waals surface area contributed by atoms with Gasteiger partial charge in [-0.1, -0.05) is 19.9 Å². The van der Waals surface area contributed by atoms with Crippen LogP contribution in [0.4, 0.5) is 0 Å². The molecule has 0 aliphatic heterocycles. The largest absolute Gasteiger partial charge is 0.478 e. The number of nitrogens with zero attached hydrogens (tertiary/aromatic N) is 1. The van der Waals surface area contributed by atoms with Crippen molar-refractivity contribution in [2.75, 3.05) is 0 Å². The standard InChI is InChI=1S/C16H21NO2S/c1-10(2)17-14(9-20-11(3)4)7-12-5-6-13(16(18)19)8-15(12)17/h5-8,10-11H,9H2,1-4H3,(H,18,19). The topological polar surface area (TPSA) is 42.2 Å². The van der Waals surface area contributed by atoms with Gasteiger partial charge in [0.25, 0.3) is 0 Å². The molecule has 0 saturated heterocycles. The Hall–Kier alpha value is -1.42. The van der Waals surface area contributed by atoms with E-state index >= 15 is 0 Å². The molecule has 1 aromatic carbocycles. The summed E-state index contributed by atoms with van der Waals surface area (Å²) in [5.74, 6) is 0.0777. The van der Waals surface area contributed by atoms with Gasteiger partial charge in [0, 0.05) is 23.0 Å². The number of aromatic carboxylic acids is 1. The first kappa shape index (κ1) is 15.0. The maximum absolute atomic E-state index is 11.1. The molecule has 4 heteroatoms. The first-order chi connectivity index (χ1) is 9.40. The van der Waals surface area contributed by atoms with E-state index in [1.54, 1.807) is 12.1 Å². The van der Waals surface area contributed by atoms with E-state index < -0.39 is 5.97 Å². The van der Waals surface area contributed by atoms with Gasteiger partial charge in [0.05, 0.1) is 5.56 Å². The molecule has 1 N–H and O–H groups in total. The third kappa shape index (κ3) is 3.01. The molecule has 0 amide bonds. The average molecular weight is 291 g/mol. The number of thioether (sulfide) groups is 1. The first-order valence-electron chi connectivity index (χ1n) is 6.89. The minimum Gasteiger partial charge on any atom is -0.478 e. The Balaban J connectivity index is 2.52. The minimum atomic E-state index is -0.874. The molecule has 0 spiro atoms. The Morgan fingerprint density at radius 1 is 1.25 bits per heavy atom. The second kappa shape index (κ2) is 5.92. The van der Waals surface area contributed by atoms with Gasteiger partial charge < -0.3 is 9.67 Å². The molecule has 1 aromatic heterocycles. The number of hydrogen-bond acceptors (Lipinski definition) is 2. The highest BCUT2D eigenvalue weighted by molar-refractivity contribution is 7.99. The predicted octanol–water partition coefficient (Wildman–Crippen LogP) is 4.56. The molecule has 3 nitrogen and oxygen atoms in total. The van der Waals surface area contributed by atoms with Crippen LogP contribution in [0.3, 0.4) is 0 Å². The van der Waals surface area contributed by atoms with Gasteiger partial charge in [0.2, 0.25) is 0 Å². The van der Waals surface area contributed by atoms with Crippen molar-refractivity contribution in [1.29, 1.82) is 0 Å². The van der Waals surface area contributed by atoms with Crippen molar-refractivity contribution in [1.82, 2.24) is 4.57 Å². The fourth-order valence-electron chi connectivity index (χ4n) is 2.38. The fourth-order valence-corrected chi connectivity index (χ4v) is 3.11. The molecular formula is C16H21NO2S. The summed E-state index contributed by atoms with van der Waals surface area (Å²) in [6.07, 6.45) is 0. The van der Waals surface area contributed by atoms with Crippen LogP contribution in [0.1, 0.15) is 49.8 Å². The molecule has 0 saturated carbocycles. The Morgan fingerprint density at radius 3 is 2.50 bits per heavy atom. The second-order valence-electron chi connectivity index (χ2n) is 5.54. The quantitative estimate of drug-likeness (QED) is 0.878. The molecule has 0 aliphatic rings. The highest BCUT2D eigenvalue weighted by atomic mass is 32.2. The van der Waals surface area contributed by atoms with Gasteiger partial charge in [-0.15, -0.1) is 0 Å². The van der Waals surface area contributed by atoms with Crippen LogP contribution in [0.2, 0.25) is 0 Å². The SMILES string of the molecule is CC(C)SCc1cc2ccc(C(=O)O)cc2n1C(C)C. The zero-order valence-electron chi connectivity index (χ0n) is 12.4. The van der Waals surface area contributed by atoms with Crippen molar-refractivity contribution in [2.24, 2.45) is 0 Å². The average Bonchev–Trinajstić information content (AvgIpc) is 2.73. The third-order valence-corrected chi connectivity index (χ3v) is 4.38. The molecule has 0 atom stereocenters. The van der Waals surface area contributed by atoms with Crippen LogP contribution >= 0.6 is 11.8 Å². The van der Waals surface area contributed by atoms with E-state index in [0.29, 0.717) is 16.9 Å². The van der Waals surface area contributed by atoms with Gasteiger partial charge in [0.1, 0.15) is 0 Å². The van der Waals surface area contributed by atoms with Crippen molar-refractivity contribution in [3.63, 3.8) is 0 Å². The minimum absolute atomic E-state index is 0.319. The van der Waals surface area contributed by atoms with Gasteiger partial charge in [-0.2, -0.15) is 11.8 Å². The number of benzene rings is 1. The van der Waals surface area contributed by atoms with Crippen LogP contribution in [0.5, 0.6) is 0 Å². The van der Waals surface area contributed by atoms with Crippen LogP contribution < -0.4 is 0 Å². The van der Waals surface area contributed by atoms with Crippen LogP contribution in [0.25, 0.3) is 10.9 Å². The predicted molar refractivity (Wildman–Crippen MR) is 85.7 cm³/mol. The summed E-state index contributed by atoms with van der Waals surface area (Å²) in [6, 6.07) is 7.85. The number of carboxylic acid groups (broad SMARTS) is 1. The summed E-state index contributed by atoms with van der Waals surface area (Å²) in [5.41, 5.74) is 2.62. The molecule has 0 unspecified atom stereocenters. The lowest BCUT2D eigenvalue weighted by molar-refractivity contribution is 0.0697. The van der Waals surface area contributed by atoms with E-state index in [1.165, 1.54) is 5.69 Å². The number of fused-ring (bicyclic) bond motifs is 1. The molecule has 2 aromatic rings. The summed E-state index contributed by atoms with van der Waals surface area (Å²) in [7, 11) is 0. The van der Waals surface area contributed by atoms with Crippen LogP contribution in [-0.2, 0) is 5.75 Å². The molecule has 0 radical (unpaired) electrons. The van der Waals surface area contributed by atoms with E-state index in [2.05, 4.69) is 38.3 Å². The lowest BCUT2D eigenvalue weighted by Gasteiger charge is -2.15. The lowest BCUT2D eigenvalue weighted by Crippen LogP contribution is -2.06. The van der Waals surface area contributed by atoms with Crippen molar-refractivity contribution in [3.8, 4) is 0 Å². The summed E-state index contributed by atoms with van der Waals surface area (Å²) in [5, 5.41) is 10.8. The molecule has 20 heavy (non-hydrogen) atoms. The summed E-state index contributed by atoms with van der Waals surface area (Å²) >= 11 is 1.90. The van der Waals surface area contributed by atoms with E-state index in [9.17, 15) is 4.79 Å². The van der Waals surface area contributed by atoms with Crippen LogP contribution in [0, 0.1) is 0 Å². The maximum atomic E-state index is 11.1. The van der Waals surface area contributed by atoms with E-state index in [1.807, 2.05) is 17.8 Å². The second-order valence-corrected chi connectivity index (χ2v) is 7.10. The smallest absolute Gasteiger partial charge is 0.335 e. The first-order valence-corrected chi connectivity index (χ1v) is 7.93. The lowest BCUT2D eigenvalue weighted by atomic mass is 10.1. The number of carboxylic acids is 1. The number of carbonyl (C=O) groups is 1. The summed E-state index contributed by atoms with van der Waals surface area (Å²) < 4.78 is 2.25. The molecule has 0 aliphatic carbocycles. The Bertz CT molecular complexity index is 629. The van der Waals surface area contributed by atoms with Gasteiger partial charge in [-0.25, -0.2) is 4.79 Å². The molecular weight excluding hydrogens is 270 g/mol. The van der Waals surface area contributed by atoms with E-state index in [0.717, 1.165) is 16.7 Å². The molecule has 108 valence electrons. The van der Waals surface area contributed by atoms with Crippen molar-refractivity contribution < 1.29 is 9.90 Å². The number of aromatic nitrogens is 1. The molecule has 0 bridgehead atoms. The van der Waals surface area contributed by atoms with Gasteiger partial charge >= 0.3 is 5.97 Å². The zero-order valence-corrected chi connectivity index (χ0v) is 13.2. The molecule has 2 rings (SSSR count). The van der Waals surface area contributed by atoms with Crippen LogP contribution in [0.15, 0.2) is 24.3 Å². The Labute approximate surface area is 124 Å². The van der Waals surface area contributed by atoms with Crippen LogP contribution in [-0.4, -0.2) is 20.9 Å². The van der Waals surface area contributed by atoms with Gasteiger partial charge in [0.15, 0.2) is 0 Å². The molecule has 1 heterocycles. The van der Waals surface area contributed by atoms with Gasteiger partial charge in [-0.3, -0.25) is 0 Å². The third-order valence-electron chi connectivity index (χ3n) is 3.25. The summed E-state index contributed by atoms with van der Waals surface area (Å²) in [4.78, 5) is 11.1. The molecule has 0 fully saturated rings. The number of hydrogen-bond donors (Lipinski definition) is 1. The van der Waals surface area contributed by atoms with Crippen molar-refractivity contribution in [2.45, 2.75) is 44.7 Å². The summed E-state index contributed by atoms with van der Waals surface area (Å²) in [6.45, 7) is 8.65. The van der Waals surface area contributed by atoms with Crippen molar-refractivity contribution in [3.05, 3.63) is 35.5 Å². The zero-order chi connectivity index (χ0) is 14.9. The Morgan fingerprint density at radius 2 is 1.95 bits per heavy atom. The van der Waals surface area contributed by atoms with E-state index in [-0.39, 0.29) is 0 Å². The van der Waals surface area contributed by atoms with Crippen molar-refractivity contribution >= 4 is 28.6 Å². The van der Waals surface area contributed by atoms with Gasteiger partial charge in [-0.05, 0) is 42.7 Å². The number of rotatable bonds is 5. The Kier molecular flexibility index (Phi) is 4.43. The monoisotopic (exact) mass is 291 g/mol. The van der Waals surface area contributed by atoms with E-state index in [4.69, 9.17) is 5.11 Å². The fraction of sp³-hybridized carbons (Fsp3) is 0.438. The highest BCUT2D eigenvalue weighted by Gasteiger charge is 2.14. The normalized spacial score (nSPS) is 11.7. The maximum Gasteiger partial charge on any atom is 0.335 e.